The monoisotopic (exact) mass is 213 g/mol. The molecular weight excluding hydrogens is 198 g/mol. The van der Waals surface area contributed by atoms with Crippen molar-refractivity contribution in [3.05, 3.63) is 47.8 Å². The summed E-state index contributed by atoms with van der Waals surface area (Å²) in [7, 11) is 0. The number of nitrogens with zero attached hydrogens (tertiary/aromatic N) is 2. The fourth-order valence-corrected chi connectivity index (χ4v) is 2.34. The highest BCUT2D eigenvalue weighted by atomic mass is 15.5. The minimum absolute atomic E-state index is 0.579. The zero-order valence-corrected chi connectivity index (χ0v) is 9.35. The van der Waals surface area contributed by atoms with Crippen molar-refractivity contribution >= 4 is 5.84 Å². The van der Waals surface area contributed by atoms with Crippen molar-refractivity contribution in [2.75, 3.05) is 6.54 Å². The average molecular weight is 213 g/mol. The first-order chi connectivity index (χ1) is 7.84. The van der Waals surface area contributed by atoms with Crippen LogP contribution < -0.4 is 5.43 Å². The highest BCUT2D eigenvalue weighted by Crippen LogP contribution is 2.29. The van der Waals surface area contributed by atoms with Gasteiger partial charge in [0.25, 0.3) is 0 Å². The number of nitrogens with one attached hydrogen (secondary N) is 1. The number of hydrogen-bond acceptors (Lipinski definition) is 3. The van der Waals surface area contributed by atoms with E-state index in [1.54, 1.807) is 0 Å². The van der Waals surface area contributed by atoms with E-state index in [1.807, 2.05) is 6.92 Å². The summed E-state index contributed by atoms with van der Waals surface area (Å²) < 4.78 is 0. The summed E-state index contributed by atoms with van der Waals surface area (Å²) in [4.78, 5) is 2.25. The van der Waals surface area contributed by atoms with E-state index in [4.69, 9.17) is 0 Å². The molecule has 0 spiro atoms. The fraction of sp³-hybridized carbons (Fsp3) is 0.308. The number of hydrogen-bond donors (Lipinski definition) is 1. The van der Waals surface area contributed by atoms with Crippen LogP contribution in [-0.4, -0.2) is 17.3 Å². The van der Waals surface area contributed by atoms with Crippen LogP contribution in [0, 0.1) is 0 Å². The molecule has 3 nitrogen and oxygen atoms in total. The van der Waals surface area contributed by atoms with Gasteiger partial charge in [0.05, 0.1) is 0 Å². The molecule has 0 bridgehead atoms. The molecule has 2 heterocycles. The van der Waals surface area contributed by atoms with Crippen molar-refractivity contribution < 1.29 is 0 Å². The third kappa shape index (κ3) is 1.48. The quantitative estimate of drug-likeness (QED) is 0.774. The zero-order chi connectivity index (χ0) is 11.0. The molecule has 1 atom stereocenters. The van der Waals surface area contributed by atoms with E-state index in [9.17, 15) is 0 Å². The van der Waals surface area contributed by atoms with Gasteiger partial charge in [-0.2, -0.15) is 5.10 Å². The Balaban J connectivity index is 1.85. The average Bonchev–Trinajstić information content (AvgIpc) is 2.72. The summed E-state index contributed by atoms with van der Waals surface area (Å²) in [6.07, 6.45) is 3.33. The number of amidine groups is 1. The summed E-state index contributed by atoms with van der Waals surface area (Å²) in [5.74, 6) is 2.78. The summed E-state index contributed by atoms with van der Waals surface area (Å²) in [6, 6.07) is 10.7. The number of hydrazone groups is 1. The molecule has 0 radical (unpaired) electrons. The van der Waals surface area contributed by atoms with Crippen molar-refractivity contribution in [1.82, 2.24) is 10.3 Å². The molecule has 0 aliphatic carbocycles. The maximum absolute atomic E-state index is 4.23. The van der Waals surface area contributed by atoms with E-state index in [-0.39, 0.29) is 0 Å². The topological polar surface area (TPSA) is 27.6 Å². The molecular formula is C13H15N3. The van der Waals surface area contributed by atoms with E-state index in [1.165, 1.54) is 5.56 Å². The Kier molecular flexibility index (Phi) is 2.17. The second-order valence-electron chi connectivity index (χ2n) is 4.31. The first-order valence-corrected chi connectivity index (χ1v) is 5.67. The molecule has 0 amide bonds. The molecule has 1 N–H and O–H groups in total. The standard InChI is InChI=1S/C13H15N3/c1-10-14-15-13-8-7-12(9-16(10)13)11-5-3-2-4-6-11/h2-6,8,12,15H,7,9H2,1H3. The Morgan fingerprint density at radius 2 is 2.12 bits per heavy atom. The highest BCUT2D eigenvalue weighted by molar-refractivity contribution is 5.83. The maximum atomic E-state index is 4.23. The molecule has 2 aliphatic heterocycles. The lowest BCUT2D eigenvalue weighted by Crippen LogP contribution is -2.33. The largest absolute Gasteiger partial charge is 0.313 e. The molecule has 3 rings (SSSR count). The van der Waals surface area contributed by atoms with Gasteiger partial charge in [-0.05, 0) is 25.0 Å². The van der Waals surface area contributed by atoms with Crippen LogP contribution in [0.4, 0.5) is 0 Å². The summed E-state index contributed by atoms with van der Waals surface area (Å²) in [6.45, 7) is 3.07. The van der Waals surface area contributed by atoms with Gasteiger partial charge >= 0.3 is 0 Å². The molecule has 82 valence electrons. The smallest absolute Gasteiger partial charge is 0.127 e. The Morgan fingerprint density at radius 1 is 1.31 bits per heavy atom. The SMILES string of the molecule is CC1=NNC2=CCC(c3ccccc3)CN21. The third-order valence-corrected chi connectivity index (χ3v) is 3.28. The molecule has 1 unspecified atom stereocenters. The molecule has 2 aliphatic rings. The summed E-state index contributed by atoms with van der Waals surface area (Å²) in [5.41, 5.74) is 4.47. The predicted octanol–water partition coefficient (Wildman–Crippen LogP) is 2.25. The van der Waals surface area contributed by atoms with Crippen molar-refractivity contribution in [1.29, 1.82) is 0 Å². The van der Waals surface area contributed by atoms with Crippen molar-refractivity contribution in [2.24, 2.45) is 5.10 Å². The summed E-state index contributed by atoms with van der Waals surface area (Å²) >= 11 is 0. The van der Waals surface area contributed by atoms with Crippen LogP contribution in [0.1, 0.15) is 24.8 Å². The molecule has 1 aromatic rings. The van der Waals surface area contributed by atoms with Gasteiger partial charge in [0, 0.05) is 12.5 Å². The van der Waals surface area contributed by atoms with E-state index < -0.39 is 0 Å². The second kappa shape index (κ2) is 3.67. The lowest BCUT2D eigenvalue weighted by atomic mass is 9.93. The van der Waals surface area contributed by atoms with Gasteiger partial charge in [-0.3, -0.25) is 5.43 Å². The van der Waals surface area contributed by atoms with E-state index in [0.717, 1.165) is 24.6 Å². The molecule has 0 saturated heterocycles. The van der Waals surface area contributed by atoms with Gasteiger partial charge in [-0.1, -0.05) is 30.3 Å². The van der Waals surface area contributed by atoms with E-state index in [2.05, 4.69) is 51.8 Å². The van der Waals surface area contributed by atoms with Gasteiger partial charge < -0.3 is 4.90 Å². The highest BCUT2D eigenvalue weighted by Gasteiger charge is 2.26. The minimum atomic E-state index is 0.579. The van der Waals surface area contributed by atoms with Crippen molar-refractivity contribution in [2.45, 2.75) is 19.3 Å². The second-order valence-corrected chi connectivity index (χ2v) is 4.31. The van der Waals surface area contributed by atoms with Crippen LogP contribution >= 0.6 is 0 Å². The molecule has 0 saturated carbocycles. The van der Waals surface area contributed by atoms with Crippen LogP contribution in [-0.2, 0) is 0 Å². The molecule has 0 fully saturated rings. The van der Waals surface area contributed by atoms with Crippen molar-refractivity contribution in [3.63, 3.8) is 0 Å². The van der Waals surface area contributed by atoms with Crippen LogP contribution in [0.25, 0.3) is 0 Å². The molecule has 3 heteroatoms. The number of rotatable bonds is 1. The van der Waals surface area contributed by atoms with Crippen LogP contribution in [0.5, 0.6) is 0 Å². The fourth-order valence-electron chi connectivity index (χ4n) is 2.34. The maximum Gasteiger partial charge on any atom is 0.127 e. The van der Waals surface area contributed by atoms with Gasteiger partial charge in [-0.15, -0.1) is 0 Å². The Bertz CT molecular complexity index is 448. The third-order valence-electron chi connectivity index (χ3n) is 3.28. The van der Waals surface area contributed by atoms with Gasteiger partial charge in [0.15, 0.2) is 0 Å². The van der Waals surface area contributed by atoms with Crippen LogP contribution in [0.2, 0.25) is 0 Å². The number of allylic oxidation sites excluding steroid dienone is 1. The first-order valence-electron chi connectivity index (χ1n) is 5.67. The molecule has 1 aromatic carbocycles. The van der Waals surface area contributed by atoms with Gasteiger partial charge in [0.2, 0.25) is 0 Å². The number of fused-ring (bicyclic) bond motifs is 1. The normalized spacial score (nSPS) is 23.3. The zero-order valence-electron chi connectivity index (χ0n) is 9.35. The van der Waals surface area contributed by atoms with Crippen LogP contribution in [0.15, 0.2) is 47.3 Å². The van der Waals surface area contributed by atoms with Crippen molar-refractivity contribution in [3.8, 4) is 0 Å². The minimum Gasteiger partial charge on any atom is -0.313 e. The summed E-state index contributed by atoms with van der Waals surface area (Å²) in [5, 5.41) is 4.23. The molecule has 0 aromatic heterocycles. The number of benzene rings is 1. The Labute approximate surface area is 95.5 Å². The Morgan fingerprint density at radius 3 is 2.94 bits per heavy atom. The lowest BCUT2D eigenvalue weighted by molar-refractivity contribution is 0.424. The van der Waals surface area contributed by atoms with Crippen LogP contribution in [0.3, 0.4) is 0 Å². The van der Waals surface area contributed by atoms with Gasteiger partial charge in [0.1, 0.15) is 11.7 Å². The Hall–Kier alpha value is -1.77. The lowest BCUT2D eigenvalue weighted by Gasteiger charge is -2.29. The molecule has 16 heavy (non-hydrogen) atoms. The predicted molar refractivity (Wildman–Crippen MR) is 64.8 cm³/mol. The van der Waals surface area contributed by atoms with E-state index in [0.29, 0.717) is 5.92 Å². The van der Waals surface area contributed by atoms with E-state index >= 15 is 0 Å². The van der Waals surface area contributed by atoms with Gasteiger partial charge in [-0.25, -0.2) is 0 Å². The first kappa shape index (κ1) is 9.46.